The lowest BCUT2D eigenvalue weighted by Crippen LogP contribution is -2.33. The Morgan fingerprint density at radius 3 is 2.68 bits per heavy atom. The van der Waals surface area contributed by atoms with Gasteiger partial charge in [0.1, 0.15) is 5.82 Å². The average molecular weight is 521 g/mol. The Kier molecular flexibility index (Phi) is 8.59. The van der Waals surface area contributed by atoms with Crippen LogP contribution in [0.5, 0.6) is 0 Å². The molecule has 2 saturated heterocycles. The Morgan fingerprint density at radius 2 is 1.97 bits per heavy atom. The summed E-state index contributed by atoms with van der Waals surface area (Å²) in [6.45, 7) is 5.62. The molecule has 2 amide bonds. The van der Waals surface area contributed by atoms with E-state index in [0.717, 1.165) is 35.2 Å². The zero-order valence-electron chi connectivity index (χ0n) is 21.3. The number of aliphatic hydroxyl groups excluding tert-OH is 1. The highest BCUT2D eigenvalue weighted by Crippen LogP contribution is 2.34. The van der Waals surface area contributed by atoms with Crippen LogP contribution in [0.15, 0.2) is 30.3 Å². The van der Waals surface area contributed by atoms with Crippen molar-refractivity contribution in [1.82, 2.24) is 9.88 Å². The average Bonchev–Trinajstić information content (AvgIpc) is 3.32. The predicted octanol–water partition coefficient (Wildman–Crippen LogP) is 5.55. The van der Waals surface area contributed by atoms with Gasteiger partial charge in [0.05, 0.1) is 6.61 Å². The molecule has 0 radical (unpaired) electrons. The zero-order chi connectivity index (χ0) is 26.6. The summed E-state index contributed by atoms with van der Waals surface area (Å²) in [6, 6.07) is 9.05. The summed E-state index contributed by atoms with van der Waals surface area (Å²) < 4.78 is 43.8. The molecule has 202 valence electrons. The fourth-order valence-electron chi connectivity index (χ4n) is 5.01. The van der Waals surface area contributed by atoms with Gasteiger partial charge in [-0.25, -0.2) is 9.78 Å². The van der Waals surface area contributed by atoms with Gasteiger partial charge in [-0.3, -0.25) is 0 Å². The van der Waals surface area contributed by atoms with Crippen LogP contribution in [-0.4, -0.2) is 66.1 Å². The van der Waals surface area contributed by atoms with Crippen LogP contribution in [0, 0.1) is 12.8 Å². The number of pyridine rings is 1. The second-order valence-electron chi connectivity index (χ2n) is 10.2. The van der Waals surface area contributed by atoms with E-state index in [0.29, 0.717) is 37.7 Å². The van der Waals surface area contributed by atoms with Crippen LogP contribution in [-0.2, 0) is 4.74 Å². The van der Waals surface area contributed by atoms with Gasteiger partial charge in [0, 0.05) is 56.1 Å². The number of hydrogen-bond donors (Lipinski definition) is 3. The van der Waals surface area contributed by atoms with Crippen LogP contribution in [0.25, 0.3) is 11.1 Å². The number of anilines is 2. The molecule has 0 spiro atoms. The number of aliphatic hydroxyl groups is 1. The third-order valence-corrected chi connectivity index (χ3v) is 7.05. The molecular weight excluding hydrogens is 485 g/mol. The normalized spacial score (nSPS) is 19.6. The van der Waals surface area contributed by atoms with Crippen LogP contribution < -0.4 is 10.6 Å². The third-order valence-electron chi connectivity index (χ3n) is 7.05. The summed E-state index contributed by atoms with van der Waals surface area (Å²) in [5, 5.41) is 15.6. The standard InChI is InChI=1S/C27H35F3N4O3/c1-17-3-4-22(32-26(36)34-8-5-19(15-34)14-27(28,29)30)13-23(17)21-11-24(20-6-9-37-10-7-20)33-25(12-21)31-18(2)16-35/h3-4,11-13,18-20,35H,5-10,14-16H2,1-2H3,(H,31,33)(H,32,36)/t18?,19-/m0/s1. The molecule has 2 aromatic rings. The van der Waals surface area contributed by atoms with Crippen molar-refractivity contribution in [2.24, 2.45) is 5.92 Å². The summed E-state index contributed by atoms with van der Waals surface area (Å²) in [6.07, 6.45) is -2.98. The molecule has 0 saturated carbocycles. The fourth-order valence-corrected chi connectivity index (χ4v) is 5.01. The Hall–Kier alpha value is -2.85. The highest BCUT2D eigenvalue weighted by atomic mass is 19.4. The number of benzene rings is 1. The number of aryl methyl sites for hydroxylation is 1. The van der Waals surface area contributed by atoms with E-state index >= 15 is 0 Å². The second kappa shape index (κ2) is 11.7. The number of amides is 2. The number of alkyl halides is 3. The molecule has 1 aromatic heterocycles. The van der Waals surface area contributed by atoms with Crippen LogP contribution in [0.4, 0.5) is 29.5 Å². The topological polar surface area (TPSA) is 86.7 Å². The van der Waals surface area contributed by atoms with Gasteiger partial charge in [-0.15, -0.1) is 0 Å². The molecule has 2 aliphatic rings. The van der Waals surface area contributed by atoms with Gasteiger partial charge in [-0.2, -0.15) is 13.2 Å². The number of rotatable bonds is 7. The quantitative estimate of drug-likeness (QED) is 0.446. The van der Waals surface area contributed by atoms with Crippen LogP contribution in [0.2, 0.25) is 0 Å². The van der Waals surface area contributed by atoms with Crippen LogP contribution >= 0.6 is 0 Å². The first-order valence-electron chi connectivity index (χ1n) is 12.8. The SMILES string of the molecule is Cc1ccc(NC(=O)N2CC[C@@H](CC(F)(F)F)C2)cc1-c1cc(NC(C)CO)nc(C2CCOCC2)c1. The number of halogens is 3. The lowest BCUT2D eigenvalue weighted by atomic mass is 9.92. The molecule has 2 aliphatic heterocycles. The molecule has 0 bridgehead atoms. The number of carbonyl (C=O) groups excluding carboxylic acids is 1. The Bertz CT molecular complexity index is 1090. The number of likely N-dealkylation sites (tertiary alicyclic amines) is 1. The maximum Gasteiger partial charge on any atom is 0.389 e. The molecule has 1 aromatic carbocycles. The van der Waals surface area contributed by atoms with E-state index in [1.165, 1.54) is 4.90 Å². The maximum absolute atomic E-state index is 12.8. The zero-order valence-corrected chi connectivity index (χ0v) is 21.3. The van der Waals surface area contributed by atoms with E-state index in [-0.39, 0.29) is 25.1 Å². The van der Waals surface area contributed by atoms with Gasteiger partial charge in [-0.1, -0.05) is 6.07 Å². The van der Waals surface area contributed by atoms with Gasteiger partial charge in [0.2, 0.25) is 0 Å². The van der Waals surface area contributed by atoms with Crippen molar-refractivity contribution in [3.8, 4) is 11.1 Å². The van der Waals surface area contributed by atoms with E-state index in [9.17, 15) is 23.1 Å². The molecule has 1 unspecified atom stereocenters. The second-order valence-corrected chi connectivity index (χ2v) is 10.2. The molecule has 10 heteroatoms. The Morgan fingerprint density at radius 1 is 1.22 bits per heavy atom. The molecule has 7 nitrogen and oxygen atoms in total. The van der Waals surface area contributed by atoms with Crippen LogP contribution in [0.3, 0.4) is 0 Å². The van der Waals surface area contributed by atoms with Crippen molar-refractivity contribution in [2.45, 2.75) is 57.7 Å². The fraction of sp³-hybridized carbons (Fsp3) is 0.556. The monoisotopic (exact) mass is 520 g/mol. The minimum Gasteiger partial charge on any atom is -0.394 e. The summed E-state index contributed by atoms with van der Waals surface area (Å²) in [5.74, 6) is 0.371. The highest BCUT2D eigenvalue weighted by molar-refractivity contribution is 5.90. The van der Waals surface area contributed by atoms with Crippen molar-refractivity contribution < 1.29 is 27.8 Å². The van der Waals surface area contributed by atoms with Gasteiger partial charge < -0.3 is 25.4 Å². The molecular formula is C27H35F3N4O3. The number of ether oxygens (including phenoxy) is 1. The minimum atomic E-state index is -4.22. The molecule has 3 N–H and O–H groups in total. The molecule has 0 aliphatic carbocycles. The predicted molar refractivity (Wildman–Crippen MR) is 137 cm³/mol. The molecule has 2 fully saturated rings. The first-order valence-corrected chi connectivity index (χ1v) is 12.8. The number of carbonyl (C=O) groups is 1. The minimum absolute atomic E-state index is 0.0284. The number of nitrogens with one attached hydrogen (secondary N) is 2. The third kappa shape index (κ3) is 7.35. The number of nitrogens with zero attached hydrogens (tertiary/aromatic N) is 2. The molecule has 37 heavy (non-hydrogen) atoms. The van der Waals surface area contributed by atoms with E-state index in [2.05, 4.69) is 16.7 Å². The summed E-state index contributed by atoms with van der Waals surface area (Å²) in [4.78, 5) is 19.1. The van der Waals surface area contributed by atoms with Crippen molar-refractivity contribution in [1.29, 1.82) is 0 Å². The largest absolute Gasteiger partial charge is 0.394 e. The first kappa shape index (κ1) is 27.2. The molecule has 2 atom stereocenters. The van der Waals surface area contributed by atoms with Crippen LogP contribution in [0.1, 0.15) is 49.8 Å². The maximum atomic E-state index is 12.8. The van der Waals surface area contributed by atoms with Crippen molar-refractivity contribution in [2.75, 3.05) is 43.5 Å². The Balaban J connectivity index is 1.55. The number of aromatic nitrogens is 1. The Labute approximate surface area is 215 Å². The van der Waals surface area contributed by atoms with Gasteiger partial charge >= 0.3 is 12.2 Å². The smallest absolute Gasteiger partial charge is 0.389 e. The van der Waals surface area contributed by atoms with E-state index < -0.39 is 24.5 Å². The lowest BCUT2D eigenvalue weighted by Gasteiger charge is -2.24. The molecule has 3 heterocycles. The number of urea groups is 1. The lowest BCUT2D eigenvalue weighted by molar-refractivity contribution is -0.143. The van der Waals surface area contributed by atoms with E-state index in [1.54, 1.807) is 6.07 Å². The number of hydrogen-bond acceptors (Lipinski definition) is 5. The molecule has 4 rings (SSSR count). The van der Waals surface area contributed by atoms with Gasteiger partial charge in [0.25, 0.3) is 0 Å². The summed E-state index contributed by atoms with van der Waals surface area (Å²) >= 11 is 0. The first-order chi connectivity index (χ1) is 17.6. The van der Waals surface area contributed by atoms with Crippen molar-refractivity contribution in [3.05, 3.63) is 41.6 Å². The van der Waals surface area contributed by atoms with E-state index in [4.69, 9.17) is 9.72 Å². The van der Waals surface area contributed by atoms with Gasteiger partial charge in [-0.05, 0) is 80.0 Å². The van der Waals surface area contributed by atoms with Gasteiger partial charge in [0.15, 0.2) is 0 Å². The van der Waals surface area contributed by atoms with E-state index in [1.807, 2.05) is 32.0 Å². The van der Waals surface area contributed by atoms with Crippen molar-refractivity contribution >= 4 is 17.5 Å². The summed E-state index contributed by atoms with van der Waals surface area (Å²) in [7, 11) is 0. The highest BCUT2D eigenvalue weighted by Gasteiger charge is 2.36. The van der Waals surface area contributed by atoms with Crippen molar-refractivity contribution in [3.63, 3.8) is 0 Å². The summed E-state index contributed by atoms with van der Waals surface area (Å²) in [5.41, 5.74) is 4.39.